The summed E-state index contributed by atoms with van der Waals surface area (Å²) < 4.78 is 5.42. The molecule has 0 unspecified atom stereocenters. The molecule has 0 atom stereocenters. The van der Waals surface area contributed by atoms with E-state index in [1.54, 1.807) is 12.1 Å². The highest BCUT2D eigenvalue weighted by atomic mass is 16.5. The Morgan fingerprint density at radius 1 is 1.46 bits per heavy atom. The summed E-state index contributed by atoms with van der Waals surface area (Å²) in [5, 5.41) is 9.35. The lowest BCUT2D eigenvalue weighted by Gasteiger charge is -2.08. The van der Waals surface area contributed by atoms with E-state index in [1.807, 2.05) is 13.0 Å². The molecule has 0 spiro atoms. The molecule has 0 aromatic heterocycles. The van der Waals surface area contributed by atoms with Gasteiger partial charge in [-0.3, -0.25) is 0 Å². The summed E-state index contributed by atoms with van der Waals surface area (Å²) in [7, 11) is 0. The summed E-state index contributed by atoms with van der Waals surface area (Å²) in [4.78, 5) is 0. The van der Waals surface area contributed by atoms with Gasteiger partial charge in [-0.25, -0.2) is 0 Å². The molecule has 0 saturated heterocycles. The second-order valence-corrected chi connectivity index (χ2v) is 2.89. The van der Waals surface area contributed by atoms with Gasteiger partial charge in [-0.15, -0.1) is 0 Å². The normalized spacial score (nSPS) is 10.0. The van der Waals surface area contributed by atoms with Gasteiger partial charge in [0.15, 0.2) is 0 Å². The Bertz CT molecular complexity index is 274. The van der Waals surface area contributed by atoms with Crippen molar-refractivity contribution in [1.29, 1.82) is 0 Å². The molecule has 72 valence electrons. The van der Waals surface area contributed by atoms with Crippen LogP contribution in [-0.2, 0) is 0 Å². The molecule has 0 aliphatic heterocycles. The summed E-state index contributed by atoms with van der Waals surface area (Å²) in [6.07, 6.45) is 0.828. The molecule has 0 saturated carbocycles. The summed E-state index contributed by atoms with van der Waals surface area (Å²) in [5.41, 5.74) is 6.11. The first-order chi connectivity index (χ1) is 6.25. The predicted molar refractivity (Wildman–Crippen MR) is 52.0 cm³/mol. The van der Waals surface area contributed by atoms with Gasteiger partial charge in [-0.05, 0) is 32.0 Å². The highest BCUT2D eigenvalue weighted by Gasteiger charge is 2.02. The van der Waals surface area contributed by atoms with Crippen molar-refractivity contribution < 1.29 is 9.84 Å². The lowest BCUT2D eigenvalue weighted by atomic mass is 10.2. The Hall–Kier alpha value is -1.22. The zero-order chi connectivity index (χ0) is 9.68. The highest BCUT2D eigenvalue weighted by Crippen LogP contribution is 2.25. The minimum absolute atomic E-state index is 0.269. The third-order valence-corrected chi connectivity index (χ3v) is 1.86. The number of hydrogen-bond donors (Lipinski definition) is 2. The van der Waals surface area contributed by atoms with Gasteiger partial charge in [0, 0.05) is 5.56 Å². The van der Waals surface area contributed by atoms with Crippen LogP contribution in [0.2, 0.25) is 0 Å². The lowest BCUT2D eigenvalue weighted by Crippen LogP contribution is -2.06. The third kappa shape index (κ3) is 2.63. The summed E-state index contributed by atoms with van der Waals surface area (Å²) in [6, 6.07) is 5.25. The van der Waals surface area contributed by atoms with Gasteiger partial charge in [0.25, 0.3) is 0 Å². The van der Waals surface area contributed by atoms with Crippen LogP contribution >= 0.6 is 0 Å². The Kier molecular flexibility index (Phi) is 3.58. The van der Waals surface area contributed by atoms with Crippen molar-refractivity contribution in [3.05, 3.63) is 23.8 Å². The minimum Gasteiger partial charge on any atom is -0.508 e. The monoisotopic (exact) mass is 181 g/mol. The molecular weight excluding hydrogens is 166 g/mol. The van der Waals surface area contributed by atoms with E-state index in [1.165, 1.54) is 0 Å². The fraction of sp³-hybridized carbons (Fsp3) is 0.400. The van der Waals surface area contributed by atoms with E-state index >= 15 is 0 Å². The maximum absolute atomic E-state index is 9.35. The van der Waals surface area contributed by atoms with Crippen LogP contribution in [0.4, 0.5) is 0 Å². The van der Waals surface area contributed by atoms with E-state index in [4.69, 9.17) is 10.5 Å². The second-order valence-electron chi connectivity index (χ2n) is 2.89. The predicted octanol–water partition coefficient (Wildman–Crippen LogP) is 1.43. The van der Waals surface area contributed by atoms with Crippen molar-refractivity contribution in [2.75, 3.05) is 13.2 Å². The number of benzene rings is 1. The lowest BCUT2D eigenvalue weighted by molar-refractivity contribution is 0.309. The van der Waals surface area contributed by atoms with Crippen molar-refractivity contribution in [2.24, 2.45) is 5.73 Å². The first-order valence-corrected chi connectivity index (χ1v) is 4.37. The van der Waals surface area contributed by atoms with Gasteiger partial charge in [0.1, 0.15) is 11.5 Å². The molecule has 1 aromatic rings. The molecule has 3 nitrogen and oxygen atoms in total. The summed E-state index contributed by atoms with van der Waals surface area (Å²) >= 11 is 0. The SMILES string of the molecule is Cc1c(O)cccc1OCCCN. The molecule has 0 radical (unpaired) electrons. The molecule has 1 aromatic carbocycles. The van der Waals surface area contributed by atoms with Gasteiger partial charge >= 0.3 is 0 Å². The molecule has 0 amide bonds. The maximum Gasteiger partial charge on any atom is 0.125 e. The van der Waals surface area contributed by atoms with Crippen LogP contribution in [0.3, 0.4) is 0 Å². The van der Waals surface area contributed by atoms with Crippen molar-refractivity contribution in [2.45, 2.75) is 13.3 Å². The largest absolute Gasteiger partial charge is 0.508 e. The first kappa shape index (κ1) is 9.86. The third-order valence-electron chi connectivity index (χ3n) is 1.86. The van der Waals surface area contributed by atoms with E-state index in [2.05, 4.69) is 0 Å². The summed E-state index contributed by atoms with van der Waals surface area (Å²) in [5.74, 6) is 0.999. The van der Waals surface area contributed by atoms with Crippen molar-refractivity contribution >= 4 is 0 Å². The van der Waals surface area contributed by atoms with Gasteiger partial charge in [-0.2, -0.15) is 0 Å². The van der Waals surface area contributed by atoms with Crippen LogP contribution in [0, 0.1) is 6.92 Å². The fourth-order valence-electron chi connectivity index (χ4n) is 1.02. The summed E-state index contributed by atoms with van der Waals surface area (Å²) in [6.45, 7) is 3.05. The van der Waals surface area contributed by atoms with Crippen molar-refractivity contribution in [1.82, 2.24) is 0 Å². The molecule has 13 heavy (non-hydrogen) atoms. The topological polar surface area (TPSA) is 55.5 Å². The molecule has 0 aliphatic carbocycles. The Morgan fingerprint density at radius 2 is 2.23 bits per heavy atom. The highest BCUT2D eigenvalue weighted by molar-refractivity contribution is 5.42. The van der Waals surface area contributed by atoms with Crippen LogP contribution in [-0.4, -0.2) is 18.3 Å². The van der Waals surface area contributed by atoms with E-state index < -0.39 is 0 Å². The van der Waals surface area contributed by atoms with Gasteiger partial charge in [0.2, 0.25) is 0 Å². The zero-order valence-corrected chi connectivity index (χ0v) is 7.79. The smallest absolute Gasteiger partial charge is 0.125 e. The van der Waals surface area contributed by atoms with E-state index in [-0.39, 0.29) is 5.75 Å². The van der Waals surface area contributed by atoms with Crippen LogP contribution in [0.25, 0.3) is 0 Å². The van der Waals surface area contributed by atoms with Crippen LogP contribution in [0.1, 0.15) is 12.0 Å². The second kappa shape index (κ2) is 4.72. The molecular formula is C10H15NO2. The Morgan fingerprint density at radius 3 is 2.92 bits per heavy atom. The fourth-order valence-corrected chi connectivity index (χ4v) is 1.02. The molecule has 3 N–H and O–H groups in total. The minimum atomic E-state index is 0.269. The number of rotatable bonds is 4. The molecule has 0 bridgehead atoms. The maximum atomic E-state index is 9.35. The number of phenolic OH excluding ortho intramolecular Hbond substituents is 1. The molecule has 0 fully saturated rings. The van der Waals surface area contributed by atoms with Gasteiger partial charge in [0.05, 0.1) is 6.61 Å². The number of hydrogen-bond acceptors (Lipinski definition) is 3. The van der Waals surface area contributed by atoms with E-state index in [0.717, 1.165) is 17.7 Å². The van der Waals surface area contributed by atoms with Crippen molar-refractivity contribution in [3.8, 4) is 11.5 Å². The Labute approximate surface area is 78.1 Å². The average Bonchev–Trinajstić information content (AvgIpc) is 2.13. The van der Waals surface area contributed by atoms with Gasteiger partial charge < -0.3 is 15.6 Å². The quantitative estimate of drug-likeness (QED) is 0.691. The zero-order valence-electron chi connectivity index (χ0n) is 7.79. The molecule has 1 rings (SSSR count). The first-order valence-electron chi connectivity index (χ1n) is 4.37. The van der Waals surface area contributed by atoms with Crippen molar-refractivity contribution in [3.63, 3.8) is 0 Å². The van der Waals surface area contributed by atoms with Gasteiger partial charge in [-0.1, -0.05) is 6.07 Å². The standard InChI is InChI=1S/C10H15NO2/c1-8-9(12)4-2-5-10(8)13-7-3-6-11/h2,4-5,12H,3,6-7,11H2,1H3. The van der Waals surface area contributed by atoms with Crippen LogP contribution in [0.15, 0.2) is 18.2 Å². The molecule has 3 heteroatoms. The number of phenols is 1. The molecule has 0 aliphatic rings. The molecule has 0 heterocycles. The Balaban J connectivity index is 2.61. The average molecular weight is 181 g/mol. The van der Waals surface area contributed by atoms with Crippen LogP contribution in [0.5, 0.6) is 11.5 Å². The number of nitrogens with two attached hydrogens (primary N) is 1. The number of aromatic hydroxyl groups is 1. The van der Waals surface area contributed by atoms with Crippen LogP contribution < -0.4 is 10.5 Å². The van der Waals surface area contributed by atoms with E-state index in [0.29, 0.717) is 13.2 Å². The number of ether oxygens (including phenoxy) is 1. The van der Waals surface area contributed by atoms with E-state index in [9.17, 15) is 5.11 Å².